The molecule has 18 heavy (non-hydrogen) atoms. The molecule has 3 nitrogen and oxygen atoms in total. The monoisotopic (exact) mass is 275 g/mol. The minimum atomic E-state index is -2.33. The summed E-state index contributed by atoms with van der Waals surface area (Å²) in [4.78, 5) is 3.64. The van der Waals surface area contributed by atoms with Gasteiger partial charge in [-0.05, 0) is 25.8 Å². The summed E-state index contributed by atoms with van der Waals surface area (Å²) in [6.07, 6.45) is 4.45. The highest BCUT2D eigenvalue weighted by atomic mass is 28.4. The summed E-state index contributed by atoms with van der Waals surface area (Å²) < 4.78 is 12.4. The fourth-order valence-corrected chi connectivity index (χ4v) is 4.94. The molecule has 0 aliphatic rings. The Balaban J connectivity index is 4.75. The van der Waals surface area contributed by atoms with Gasteiger partial charge in [-0.15, -0.1) is 0 Å². The van der Waals surface area contributed by atoms with E-state index >= 15 is 0 Å². The van der Waals surface area contributed by atoms with Crippen LogP contribution in [0.5, 0.6) is 0 Å². The average molecular weight is 276 g/mol. The maximum atomic E-state index is 6.20. The lowest BCUT2D eigenvalue weighted by atomic mass is 10.3. The molecule has 0 heterocycles. The van der Waals surface area contributed by atoms with E-state index in [0.717, 1.165) is 32.6 Å². The van der Waals surface area contributed by atoms with Gasteiger partial charge in [0, 0.05) is 18.3 Å². The molecule has 0 amide bonds. The van der Waals surface area contributed by atoms with E-state index in [2.05, 4.69) is 46.5 Å². The third kappa shape index (κ3) is 5.82. The van der Waals surface area contributed by atoms with Crippen LogP contribution in [0.2, 0.25) is 5.04 Å². The fourth-order valence-electron chi connectivity index (χ4n) is 1.76. The van der Waals surface area contributed by atoms with E-state index in [1.54, 1.807) is 0 Å². The first kappa shape index (κ1) is 18.1. The van der Waals surface area contributed by atoms with Crippen LogP contribution in [0.4, 0.5) is 0 Å². The summed E-state index contributed by atoms with van der Waals surface area (Å²) in [7, 11) is -2.33. The van der Waals surface area contributed by atoms with Crippen LogP contribution in [0.25, 0.3) is 0 Å². The SMILES string of the molecule is CCCCN[Si](OCCC)(OCCC)C(C)(C)C. The number of nitrogens with one attached hydrogen (secondary N) is 1. The van der Waals surface area contributed by atoms with Crippen molar-refractivity contribution >= 4 is 8.72 Å². The van der Waals surface area contributed by atoms with Crippen LogP contribution >= 0.6 is 0 Å². The molecule has 0 spiro atoms. The van der Waals surface area contributed by atoms with E-state index in [1.807, 2.05) is 0 Å². The smallest absolute Gasteiger partial charge is 0.382 e. The molecule has 0 atom stereocenters. The van der Waals surface area contributed by atoms with Crippen molar-refractivity contribution in [2.24, 2.45) is 0 Å². The first-order valence-electron chi connectivity index (χ1n) is 7.46. The van der Waals surface area contributed by atoms with Gasteiger partial charge in [0.1, 0.15) is 0 Å². The van der Waals surface area contributed by atoms with Crippen LogP contribution < -0.4 is 4.98 Å². The Morgan fingerprint density at radius 2 is 1.39 bits per heavy atom. The minimum absolute atomic E-state index is 0.0467. The van der Waals surface area contributed by atoms with Gasteiger partial charge in [0.25, 0.3) is 0 Å². The van der Waals surface area contributed by atoms with E-state index in [-0.39, 0.29) is 5.04 Å². The third-order valence-corrected chi connectivity index (χ3v) is 6.81. The van der Waals surface area contributed by atoms with Crippen molar-refractivity contribution in [1.82, 2.24) is 4.98 Å². The van der Waals surface area contributed by atoms with Crippen molar-refractivity contribution in [1.29, 1.82) is 0 Å². The second-order valence-corrected chi connectivity index (χ2v) is 9.51. The van der Waals surface area contributed by atoms with Gasteiger partial charge in [0.15, 0.2) is 0 Å². The largest absolute Gasteiger partial charge is 0.430 e. The zero-order valence-electron chi connectivity index (χ0n) is 13.3. The maximum absolute atomic E-state index is 6.20. The highest BCUT2D eigenvalue weighted by Gasteiger charge is 2.50. The van der Waals surface area contributed by atoms with Crippen molar-refractivity contribution in [3.8, 4) is 0 Å². The van der Waals surface area contributed by atoms with E-state index in [4.69, 9.17) is 8.85 Å². The summed E-state index contributed by atoms with van der Waals surface area (Å²) >= 11 is 0. The molecule has 0 saturated carbocycles. The van der Waals surface area contributed by atoms with E-state index < -0.39 is 8.72 Å². The lowest BCUT2D eigenvalue weighted by Gasteiger charge is -2.40. The number of rotatable bonds is 10. The predicted molar refractivity (Wildman–Crippen MR) is 80.9 cm³/mol. The van der Waals surface area contributed by atoms with Crippen molar-refractivity contribution in [3.05, 3.63) is 0 Å². The fraction of sp³-hybridized carbons (Fsp3) is 1.00. The molecule has 1 N–H and O–H groups in total. The molecular formula is C14H33NO2Si. The van der Waals surface area contributed by atoms with Crippen LogP contribution in [-0.4, -0.2) is 28.5 Å². The van der Waals surface area contributed by atoms with Crippen LogP contribution in [0, 0.1) is 0 Å². The Labute approximate surface area is 115 Å². The van der Waals surface area contributed by atoms with Crippen LogP contribution in [0.15, 0.2) is 0 Å². The van der Waals surface area contributed by atoms with Crippen LogP contribution in [0.1, 0.15) is 67.2 Å². The molecule has 0 aliphatic carbocycles. The summed E-state index contributed by atoms with van der Waals surface area (Å²) in [5.41, 5.74) is 0. The van der Waals surface area contributed by atoms with Gasteiger partial charge in [-0.25, -0.2) is 0 Å². The Hall–Kier alpha value is 0.0969. The Morgan fingerprint density at radius 3 is 1.72 bits per heavy atom. The molecule has 0 unspecified atom stereocenters. The Morgan fingerprint density at radius 1 is 0.889 bits per heavy atom. The first-order chi connectivity index (χ1) is 8.43. The third-order valence-electron chi connectivity index (χ3n) is 2.89. The van der Waals surface area contributed by atoms with Gasteiger partial charge in [-0.1, -0.05) is 48.0 Å². The van der Waals surface area contributed by atoms with Crippen LogP contribution in [0.3, 0.4) is 0 Å². The molecule has 0 fully saturated rings. The second-order valence-electron chi connectivity index (χ2n) is 5.84. The quantitative estimate of drug-likeness (QED) is 0.483. The molecular weight excluding hydrogens is 242 g/mol. The van der Waals surface area contributed by atoms with Gasteiger partial charge < -0.3 is 8.85 Å². The summed E-state index contributed by atoms with van der Waals surface area (Å²) in [6, 6.07) is 0. The zero-order chi connectivity index (χ0) is 14.1. The van der Waals surface area contributed by atoms with Crippen LogP contribution in [-0.2, 0) is 8.85 Å². The van der Waals surface area contributed by atoms with E-state index in [1.165, 1.54) is 12.8 Å². The Kier molecular flexibility index (Phi) is 9.12. The number of hydrogen-bond donors (Lipinski definition) is 1. The van der Waals surface area contributed by atoms with Crippen molar-refractivity contribution in [3.63, 3.8) is 0 Å². The molecule has 0 radical (unpaired) electrons. The highest BCUT2D eigenvalue weighted by Crippen LogP contribution is 2.36. The van der Waals surface area contributed by atoms with Gasteiger partial charge in [0.05, 0.1) is 0 Å². The first-order valence-corrected chi connectivity index (χ1v) is 9.28. The summed E-state index contributed by atoms with van der Waals surface area (Å²) in [5.74, 6) is 0. The molecule has 4 heteroatoms. The molecule has 0 aliphatic heterocycles. The average Bonchev–Trinajstić information content (AvgIpc) is 2.31. The molecule has 0 rings (SSSR count). The number of hydrogen-bond acceptors (Lipinski definition) is 3. The van der Waals surface area contributed by atoms with E-state index in [0.29, 0.717) is 0 Å². The van der Waals surface area contributed by atoms with Gasteiger partial charge in [0.2, 0.25) is 0 Å². The zero-order valence-corrected chi connectivity index (χ0v) is 14.3. The summed E-state index contributed by atoms with van der Waals surface area (Å²) in [6.45, 7) is 15.7. The molecule has 0 aromatic rings. The lowest BCUT2D eigenvalue weighted by Crippen LogP contribution is -2.63. The molecule has 0 bridgehead atoms. The topological polar surface area (TPSA) is 30.5 Å². The normalized spacial score (nSPS) is 13.0. The van der Waals surface area contributed by atoms with Gasteiger partial charge in [-0.2, -0.15) is 0 Å². The highest BCUT2D eigenvalue weighted by molar-refractivity contribution is 6.68. The predicted octanol–water partition coefficient (Wildman–Crippen LogP) is 3.97. The summed E-state index contributed by atoms with van der Waals surface area (Å²) in [5, 5.41) is 0.0467. The molecule has 110 valence electrons. The minimum Gasteiger partial charge on any atom is -0.382 e. The second kappa shape index (κ2) is 9.07. The van der Waals surface area contributed by atoms with Gasteiger partial charge in [-0.3, -0.25) is 4.98 Å². The number of unbranched alkanes of at least 4 members (excludes halogenated alkanes) is 1. The van der Waals surface area contributed by atoms with Gasteiger partial charge >= 0.3 is 8.72 Å². The lowest BCUT2D eigenvalue weighted by molar-refractivity contribution is 0.135. The maximum Gasteiger partial charge on any atom is 0.430 e. The van der Waals surface area contributed by atoms with Crippen molar-refractivity contribution < 1.29 is 8.85 Å². The van der Waals surface area contributed by atoms with Crippen molar-refractivity contribution in [2.75, 3.05) is 19.8 Å². The van der Waals surface area contributed by atoms with Crippen molar-refractivity contribution in [2.45, 2.75) is 72.3 Å². The molecule has 0 aromatic carbocycles. The standard InChI is InChI=1S/C14H33NO2Si/c1-7-10-11-15-18(14(4,5)6,16-12-8-2)17-13-9-3/h15H,7-13H2,1-6H3. The molecule has 0 saturated heterocycles. The molecule has 0 aromatic heterocycles. The Bertz CT molecular complexity index is 196. The van der Waals surface area contributed by atoms with E-state index in [9.17, 15) is 0 Å².